The van der Waals surface area contributed by atoms with Gasteiger partial charge in [0, 0.05) is 11.8 Å². The summed E-state index contributed by atoms with van der Waals surface area (Å²) in [4.78, 5) is 50.3. The molecule has 326 valence electrons. The van der Waals surface area contributed by atoms with Crippen LogP contribution in [0.3, 0.4) is 0 Å². The molecule has 0 aromatic rings. The van der Waals surface area contributed by atoms with Crippen LogP contribution in [0.4, 0.5) is 9.59 Å². The van der Waals surface area contributed by atoms with Crippen LogP contribution in [0, 0.1) is 23.7 Å². The van der Waals surface area contributed by atoms with E-state index in [1.54, 1.807) is 6.08 Å². The predicted octanol–water partition coefficient (Wildman–Crippen LogP) is -2.76. The Morgan fingerprint density at radius 3 is 1.81 bits per heavy atom. The molecule has 3 fully saturated rings. The molecule has 5 aliphatic heterocycles. The van der Waals surface area contributed by atoms with Gasteiger partial charge in [0.05, 0.1) is 48.2 Å². The van der Waals surface area contributed by atoms with E-state index in [4.69, 9.17) is 47.4 Å². The number of thioether (sulfide) groups is 2. The van der Waals surface area contributed by atoms with Gasteiger partial charge in [-0.05, 0) is 53.3 Å². The SMILES string of the molecule is CSC(=O)OCC1=C[C@@H]2OC(=O)C3=CO[C@@H](O[C@@H]4O[C@H](OC(=O)C5=CO[C@@H](O[C@H]6O[C@H](CO)[C@@H](O)[C@H](O)[C@H]6O)[C@@H]6C(COC(=O)SC)=C[C@H](O)[C@H]56)[C@@H](O)[C@H](O)[C@H]4O)[C@H]1[C@@H]32. The third-order valence-corrected chi connectivity index (χ3v) is 11.9. The maximum Gasteiger partial charge on any atom is 0.367 e. The van der Waals surface area contributed by atoms with E-state index in [1.165, 1.54) is 18.6 Å². The van der Waals surface area contributed by atoms with Crippen LogP contribution in [0.15, 0.2) is 47.0 Å². The zero-order chi connectivity index (χ0) is 42.4. The average molecular weight is 879 g/mol. The van der Waals surface area contributed by atoms with Gasteiger partial charge >= 0.3 is 22.5 Å². The Kier molecular flexibility index (Phi) is 13.3. The van der Waals surface area contributed by atoms with Crippen molar-refractivity contribution >= 4 is 46.1 Å². The zero-order valence-electron chi connectivity index (χ0n) is 30.9. The number of hydrogen-bond acceptors (Lipinski definition) is 24. The van der Waals surface area contributed by atoms with Gasteiger partial charge in [0.15, 0.2) is 12.6 Å². The molecular formula is C35H42O22S2. The minimum Gasteiger partial charge on any atom is -0.471 e. The fourth-order valence-corrected chi connectivity index (χ4v) is 8.37. The average Bonchev–Trinajstić information content (AvgIpc) is 3.87. The van der Waals surface area contributed by atoms with Crippen LogP contribution in [0.25, 0.3) is 0 Å². The number of carbonyl (C=O) groups excluding carboxylic acids is 4. The second-order valence-corrected chi connectivity index (χ2v) is 15.8. The van der Waals surface area contributed by atoms with Crippen LogP contribution in [-0.2, 0) is 57.0 Å². The molecule has 0 amide bonds. The highest BCUT2D eigenvalue weighted by Gasteiger charge is 2.58. The molecule has 0 unspecified atom stereocenters. The van der Waals surface area contributed by atoms with Gasteiger partial charge in [-0.15, -0.1) is 0 Å². The molecule has 0 aromatic heterocycles. The lowest BCUT2D eigenvalue weighted by Gasteiger charge is -2.43. The molecule has 7 aliphatic rings. The highest BCUT2D eigenvalue weighted by atomic mass is 32.2. The summed E-state index contributed by atoms with van der Waals surface area (Å²) >= 11 is 1.59. The van der Waals surface area contributed by atoms with E-state index in [2.05, 4.69) is 0 Å². The zero-order valence-corrected chi connectivity index (χ0v) is 32.6. The van der Waals surface area contributed by atoms with Crippen molar-refractivity contribution in [3.05, 3.63) is 47.0 Å². The first-order valence-corrected chi connectivity index (χ1v) is 20.6. The summed E-state index contributed by atoms with van der Waals surface area (Å²) in [6, 6.07) is 0. The maximum absolute atomic E-state index is 13.9. The second-order valence-electron chi connectivity index (χ2n) is 14.3. The van der Waals surface area contributed by atoms with Crippen LogP contribution in [-0.4, -0.2) is 182 Å². The fraction of sp³-hybridized carbons (Fsp3) is 0.657. The first-order valence-electron chi connectivity index (χ1n) is 18.1. The molecular weight excluding hydrogens is 836 g/mol. The Labute approximate surface area is 342 Å². The quantitative estimate of drug-likeness (QED) is 0.0592. The summed E-state index contributed by atoms with van der Waals surface area (Å²) in [6.45, 7) is -1.42. The number of carbonyl (C=O) groups is 4. The summed E-state index contributed by atoms with van der Waals surface area (Å²) in [6.07, 6.45) is -15.7. The smallest absolute Gasteiger partial charge is 0.367 e. The van der Waals surface area contributed by atoms with Gasteiger partial charge in [-0.3, -0.25) is 0 Å². The monoisotopic (exact) mass is 878 g/mol. The lowest BCUT2D eigenvalue weighted by Crippen LogP contribution is -2.60. The largest absolute Gasteiger partial charge is 0.471 e. The van der Waals surface area contributed by atoms with E-state index in [-0.39, 0.29) is 23.3 Å². The maximum atomic E-state index is 13.9. The molecule has 7 rings (SSSR count). The van der Waals surface area contributed by atoms with Gasteiger partial charge < -0.3 is 88.2 Å². The van der Waals surface area contributed by atoms with Crippen molar-refractivity contribution in [3.8, 4) is 0 Å². The van der Waals surface area contributed by atoms with Gasteiger partial charge in [-0.2, -0.15) is 0 Å². The first kappa shape index (κ1) is 43.7. The molecule has 2 aliphatic carbocycles. The molecule has 3 saturated heterocycles. The Balaban J connectivity index is 1.08. The summed E-state index contributed by atoms with van der Waals surface area (Å²) in [5.74, 6) is -5.82. The topological polar surface area (TPSA) is 322 Å². The molecule has 0 spiro atoms. The number of ether oxygens (including phenoxy) is 10. The van der Waals surface area contributed by atoms with Crippen molar-refractivity contribution in [2.45, 2.75) is 86.4 Å². The molecule has 59 heavy (non-hydrogen) atoms. The molecule has 0 radical (unpaired) electrons. The van der Waals surface area contributed by atoms with E-state index in [1.807, 2.05) is 0 Å². The third-order valence-electron chi connectivity index (χ3n) is 11.0. The van der Waals surface area contributed by atoms with Crippen molar-refractivity contribution < 1.29 is 107 Å². The summed E-state index contributed by atoms with van der Waals surface area (Å²) in [5.41, 5.74) is 0.450. The van der Waals surface area contributed by atoms with E-state index >= 15 is 0 Å². The van der Waals surface area contributed by atoms with Crippen LogP contribution in [0.5, 0.6) is 0 Å². The number of rotatable bonds is 11. The lowest BCUT2D eigenvalue weighted by molar-refractivity contribution is -0.368. The van der Waals surface area contributed by atoms with Gasteiger partial charge in [0.2, 0.25) is 18.9 Å². The number of aliphatic hydroxyl groups is 8. The number of aliphatic hydroxyl groups excluding tert-OH is 8. The van der Waals surface area contributed by atoms with Crippen molar-refractivity contribution in [1.29, 1.82) is 0 Å². The summed E-state index contributed by atoms with van der Waals surface area (Å²) in [7, 11) is 0. The molecule has 0 bridgehead atoms. The molecule has 18 atom stereocenters. The highest BCUT2D eigenvalue weighted by molar-refractivity contribution is 8.12. The molecule has 8 N–H and O–H groups in total. The van der Waals surface area contributed by atoms with Crippen LogP contribution in [0.2, 0.25) is 0 Å². The molecule has 5 heterocycles. The van der Waals surface area contributed by atoms with Crippen molar-refractivity contribution in [2.75, 3.05) is 32.3 Å². The number of esters is 2. The normalized spacial score (nSPS) is 42.1. The Morgan fingerprint density at radius 1 is 0.661 bits per heavy atom. The van der Waals surface area contributed by atoms with Gasteiger partial charge in [0.25, 0.3) is 0 Å². The van der Waals surface area contributed by atoms with Gasteiger partial charge in [0.1, 0.15) is 62.0 Å². The van der Waals surface area contributed by atoms with Crippen LogP contribution >= 0.6 is 23.5 Å². The van der Waals surface area contributed by atoms with E-state index in [0.717, 1.165) is 36.0 Å². The Hall–Kier alpha value is -3.34. The Bertz CT molecular complexity index is 1770. The molecule has 24 heteroatoms. The van der Waals surface area contributed by atoms with Gasteiger partial charge in [-0.1, -0.05) is 6.08 Å². The van der Waals surface area contributed by atoms with Gasteiger partial charge in [-0.25, -0.2) is 19.2 Å². The van der Waals surface area contributed by atoms with E-state index < -0.39 is 146 Å². The van der Waals surface area contributed by atoms with Crippen LogP contribution in [0.1, 0.15) is 0 Å². The lowest BCUT2D eigenvalue weighted by atomic mass is 9.82. The number of hydrogen-bond donors (Lipinski definition) is 8. The minimum atomic E-state index is -2.07. The third kappa shape index (κ3) is 8.36. The molecule has 22 nitrogen and oxygen atoms in total. The first-order chi connectivity index (χ1) is 28.2. The standard InChI is InChI=1S/C35H42O22S2/c1-58-34(46)50-6-10-3-14(37)19-12(8-48-29(17(10)19)55-31-24(41)22(39)21(38)16(5-36)53-31)28(45)54-32-25(42)23(40)26(43)33(57-32)56-30-18-11(7-51-35(47)59-2)4-15-20(18)13(9-49-30)27(44)52-15/h3-4,8-9,14-26,29-33,36-43H,5-7H2,1-2H3/t14-,15-,16+,17+,18+,19-,20-,21+,22-,23-,24+,25-,26+,29-,30-,31+,32-,33+/m0/s1. The van der Waals surface area contributed by atoms with E-state index in [0.29, 0.717) is 5.57 Å². The molecule has 0 saturated carbocycles. The summed E-state index contributed by atoms with van der Waals surface area (Å²) in [5, 5.41) is 83.4. The van der Waals surface area contributed by atoms with Crippen molar-refractivity contribution in [1.82, 2.24) is 0 Å². The Morgan fingerprint density at radius 2 is 1.20 bits per heavy atom. The second kappa shape index (κ2) is 17.9. The fourth-order valence-electron chi connectivity index (χ4n) is 8.02. The van der Waals surface area contributed by atoms with Crippen molar-refractivity contribution in [2.24, 2.45) is 23.7 Å². The summed E-state index contributed by atoms with van der Waals surface area (Å²) < 4.78 is 55.7. The highest BCUT2D eigenvalue weighted by Crippen LogP contribution is 2.50. The minimum absolute atomic E-state index is 0.184. The predicted molar refractivity (Wildman–Crippen MR) is 190 cm³/mol. The number of fused-ring (bicyclic) bond motifs is 1. The molecule has 0 aromatic carbocycles. The van der Waals surface area contributed by atoms with Crippen LogP contribution < -0.4 is 0 Å². The van der Waals surface area contributed by atoms with E-state index in [9.17, 15) is 60.0 Å². The van der Waals surface area contributed by atoms with Crippen molar-refractivity contribution in [3.63, 3.8) is 0 Å².